The minimum Gasteiger partial charge on any atom is -0.484 e. The summed E-state index contributed by atoms with van der Waals surface area (Å²) in [5.74, 6) is 1.42. The third-order valence-corrected chi connectivity index (χ3v) is 7.07. The first-order valence-corrected chi connectivity index (χ1v) is 10.3. The lowest BCUT2D eigenvalue weighted by Crippen LogP contribution is -2.20. The van der Waals surface area contributed by atoms with E-state index < -0.39 is 11.9 Å². The van der Waals surface area contributed by atoms with Gasteiger partial charge in [0.2, 0.25) is 0 Å². The summed E-state index contributed by atoms with van der Waals surface area (Å²) in [6.45, 7) is -0.195. The first-order chi connectivity index (χ1) is 12.5. The largest absolute Gasteiger partial charge is 0.484 e. The average Bonchev–Trinajstić information content (AvgIpc) is 3.17. The Balaban J connectivity index is 1.55. The van der Waals surface area contributed by atoms with Gasteiger partial charge in [-0.25, -0.2) is 4.79 Å². The zero-order valence-corrected chi connectivity index (χ0v) is 16.0. The molecular formula is C18H16ClNO4S2. The highest BCUT2D eigenvalue weighted by molar-refractivity contribution is 8.19. The SMILES string of the molecule is O=C(COc1ccc(C2SCCS2)cc1)Nc1cc(C(=O)O)ccc1Cl. The number of aromatic carboxylic acids is 1. The number of carboxylic acid groups (broad SMARTS) is 1. The van der Waals surface area contributed by atoms with Gasteiger partial charge in [0.05, 0.1) is 20.9 Å². The van der Waals surface area contributed by atoms with Crippen LogP contribution in [0, 0.1) is 0 Å². The molecule has 3 rings (SSSR count). The molecule has 1 heterocycles. The number of rotatable bonds is 6. The zero-order chi connectivity index (χ0) is 18.5. The Kier molecular flexibility index (Phi) is 6.34. The maximum atomic E-state index is 12.0. The molecule has 1 aliphatic heterocycles. The highest BCUT2D eigenvalue weighted by atomic mass is 35.5. The number of hydrogen-bond donors (Lipinski definition) is 2. The summed E-state index contributed by atoms with van der Waals surface area (Å²) in [5, 5.41) is 11.8. The van der Waals surface area contributed by atoms with E-state index in [-0.39, 0.29) is 22.9 Å². The van der Waals surface area contributed by atoms with E-state index in [4.69, 9.17) is 21.4 Å². The molecule has 0 radical (unpaired) electrons. The highest BCUT2D eigenvalue weighted by Crippen LogP contribution is 2.45. The van der Waals surface area contributed by atoms with E-state index in [0.29, 0.717) is 10.3 Å². The summed E-state index contributed by atoms with van der Waals surface area (Å²) >= 11 is 9.85. The Hall–Kier alpha value is -1.83. The molecular weight excluding hydrogens is 394 g/mol. The number of carbonyl (C=O) groups is 2. The van der Waals surface area contributed by atoms with Crippen molar-refractivity contribution in [3.05, 3.63) is 58.6 Å². The number of carbonyl (C=O) groups excluding carboxylic acids is 1. The minimum absolute atomic E-state index is 0.0452. The fourth-order valence-electron chi connectivity index (χ4n) is 2.36. The Morgan fingerprint density at radius 3 is 2.50 bits per heavy atom. The van der Waals surface area contributed by atoms with Gasteiger partial charge in [0, 0.05) is 11.5 Å². The van der Waals surface area contributed by atoms with Crippen LogP contribution in [0.25, 0.3) is 0 Å². The van der Waals surface area contributed by atoms with Gasteiger partial charge >= 0.3 is 5.97 Å². The molecule has 26 heavy (non-hydrogen) atoms. The number of halogens is 1. The molecule has 136 valence electrons. The van der Waals surface area contributed by atoms with Crippen LogP contribution in [0.2, 0.25) is 5.02 Å². The van der Waals surface area contributed by atoms with Crippen LogP contribution >= 0.6 is 35.1 Å². The van der Waals surface area contributed by atoms with Crippen molar-refractivity contribution in [3.8, 4) is 5.75 Å². The van der Waals surface area contributed by atoms with Crippen molar-refractivity contribution in [2.45, 2.75) is 4.58 Å². The fraction of sp³-hybridized carbons (Fsp3) is 0.222. The van der Waals surface area contributed by atoms with Gasteiger partial charge in [-0.2, -0.15) is 0 Å². The van der Waals surface area contributed by atoms with E-state index >= 15 is 0 Å². The predicted molar refractivity (Wildman–Crippen MR) is 107 cm³/mol. The molecule has 0 unspecified atom stereocenters. The number of carboxylic acids is 1. The van der Waals surface area contributed by atoms with Crippen LogP contribution in [0.15, 0.2) is 42.5 Å². The van der Waals surface area contributed by atoms with Crippen molar-refractivity contribution >= 4 is 52.7 Å². The second kappa shape index (κ2) is 8.70. The Labute approximate surface area is 164 Å². The first-order valence-electron chi connectivity index (χ1n) is 7.81. The minimum atomic E-state index is -1.09. The number of amides is 1. The summed E-state index contributed by atoms with van der Waals surface area (Å²) < 4.78 is 5.96. The summed E-state index contributed by atoms with van der Waals surface area (Å²) in [6, 6.07) is 11.8. The molecule has 0 saturated carbocycles. The predicted octanol–water partition coefficient (Wildman–Crippen LogP) is 4.53. The number of thioether (sulfide) groups is 2. The molecule has 2 N–H and O–H groups in total. The van der Waals surface area contributed by atoms with Crippen molar-refractivity contribution < 1.29 is 19.4 Å². The molecule has 0 aromatic heterocycles. The molecule has 0 spiro atoms. The smallest absolute Gasteiger partial charge is 0.335 e. The quantitative estimate of drug-likeness (QED) is 0.729. The molecule has 1 saturated heterocycles. The van der Waals surface area contributed by atoms with Crippen LogP contribution in [-0.2, 0) is 4.79 Å². The second-order valence-electron chi connectivity index (χ2n) is 5.48. The number of benzene rings is 2. The third kappa shape index (κ3) is 4.87. The number of hydrogen-bond acceptors (Lipinski definition) is 5. The van der Waals surface area contributed by atoms with E-state index in [9.17, 15) is 9.59 Å². The lowest BCUT2D eigenvalue weighted by Gasteiger charge is -2.11. The summed E-state index contributed by atoms with van der Waals surface area (Å²) in [4.78, 5) is 23.0. The maximum absolute atomic E-state index is 12.0. The third-order valence-electron chi connectivity index (χ3n) is 3.63. The molecule has 0 aliphatic carbocycles. The zero-order valence-electron chi connectivity index (χ0n) is 13.6. The molecule has 2 aromatic rings. The van der Waals surface area contributed by atoms with Crippen LogP contribution in [0.1, 0.15) is 20.5 Å². The van der Waals surface area contributed by atoms with E-state index in [1.165, 1.54) is 35.3 Å². The molecule has 0 atom stereocenters. The van der Waals surface area contributed by atoms with Gasteiger partial charge in [0.15, 0.2) is 6.61 Å². The van der Waals surface area contributed by atoms with E-state index in [0.717, 1.165) is 0 Å². The molecule has 8 heteroatoms. The molecule has 2 aromatic carbocycles. The van der Waals surface area contributed by atoms with Crippen LogP contribution in [0.5, 0.6) is 5.75 Å². The molecule has 1 aliphatic rings. The highest BCUT2D eigenvalue weighted by Gasteiger charge is 2.18. The first kappa shape index (κ1) is 18.9. The maximum Gasteiger partial charge on any atom is 0.335 e. The fourth-order valence-corrected chi connectivity index (χ4v) is 5.39. The lowest BCUT2D eigenvalue weighted by atomic mass is 10.2. The summed E-state index contributed by atoms with van der Waals surface area (Å²) in [5.41, 5.74) is 1.53. The average molecular weight is 410 g/mol. The van der Waals surface area contributed by atoms with Gasteiger partial charge < -0.3 is 15.2 Å². The standard InChI is InChI=1S/C18H16ClNO4S2/c19-14-6-3-12(17(22)23)9-15(14)20-16(21)10-24-13-4-1-11(2-5-13)18-25-7-8-26-18/h1-6,9,18H,7-8,10H2,(H,20,21)(H,22,23). The van der Waals surface area contributed by atoms with Crippen molar-refractivity contribution in [3.63, 3.8) is 0 Å². The van der Waals surface area contributed by atoms with E-state index in [1.54, 1.807) is 0 Å². The van der Waals surface area contributed by atoms with Crippen LogP contribution < -0.4 is 10.1 Å². The lowest BCUT2D eigenvalue weighted by molar-refractivity contribution is -0.118. The van der Waals surface area contributed by atoms with Crippen molar-refractivity contribution in [2.75, 3.05) is 23.4 Å². The Morgan fingerprint density at radius 1 is 1.15 bits per heavy atom. The Morgan fingerprint density at radius 2 is 1.85 bits per heavy atom. The topological polar surface area (TPSA) is 75.6 Å². The molecule has 5 nitrogen and oxygen atoms in total. The van der Waals surface area contributed by atoms with E-state index in [2.05, 4.69) is 5.32 Å². The van der Waals surface area contributed by atoms with Crippen LogP contribution in [0.3, 0.4) is 0 Å². The van der Waals surface area contributed by atoms with Crippen LogP contribution in [0.4, 0.5) is 5.69 Å². The monoisotopic (exact) mass is 409 g/mol. The van der Waals surface area contributed by atoms with Crippen molar-refractivity contribution in [1.29, 1.82) is 0 Å². The van der Waals surface area contributed by atoms with Gasteiger partial charge in [0.25, 0.3) is 5.91 Å². The summed E-state index contributed by atoms with van der Waals surface area (Å²) in [6.07, 6.45) is 0. The van der Waals surface area contributed by atoms with Gasteiger partial charge in [0.1, 0.15) is 5.75 Å². The van der Waals surface area contributed by atoms with Gasteiger partial charge in [-0.05, 0) is 35.9 Å². The van der Waals surface area contributed by atoms with Crippen LogP contribution in [-0.4, -0.2) is 35.1 Å². The molecule has 0 bridgehead atoms. The second-order valence-corrected chi connectivity index (χ2v) is 8.61. The van der Waals surface area contributed by atoms with Gasteiger partial charge in [-0.1, -0.05) is 23.7 Å². The van der Waals surface area contributed by atoms with Gasteiger partial charge in [-0.15, -0.1) is 23.5 Å². The number of anilines is 1. The van der Waals surface area contributed by atoms with Crippen molar-refractivity contribution in [1.82, 2.24) is 0 Å². The number of nitrogens with one attached hydrogen (secondary N) is 1. The number of ether oxygens (including phenoxy) is 1. The Bertz CT molecular complexity index is 807. The van der Waals surface area contributed by atoms with Crippen molar-refractivity contribution in [2.24, 2.45) is 0 Å². The molecule has 1 amide bonds. The molecule has 1 fully saturated rings. The van der Waals surface area contributed by atoms with E-state index in [1.807, 2.05) is 47.8 Å². The van der Waals surface area contributed by atoms with Gasteiger partial charge in [-0.3, -0.25) is 4.79 Å². The normalized spacial score (nSPS) is 14.2. The summed E-state index contributed by atoms with van der Waals surface area (Å²) in [7, 11) is 0.